The zero-order valence-corrected chi connectivity index (χ0v) is 14.6. The molecule has 0 aliphatic heterocycles. The van der Waals surface area contributed by atoms with E-state index in [0.29, 0.717) is 0 Å². The third kappa shape index (κ3) is 2.27. The van der Waals surface area contributed by atoms with Crippen LogP contribution in [0.3, 0.4) is 0 Å². The van der Waals surface area contributed by atoms with E-state index in [4.69, 9.17) is 0 Å². The molecule has 22 heavy (non-hydrogen) atoms. The monoisotopic (exact) mass is 309 g/mol. The van der Waals surface area contributed by atoms with Gasteiger partial charge in [-0.05, 0) is 11.3 Å². The second kappa shape index (κ2) is 6.05. The van der Waals surface area contributed by atoms with Gasteiger partial charge >= 0.3 is 0 Å². The molecule has 1 N–H and O–H groups in total. The summed E-state index contributed by atoms with van der Waals surface area (Å²) in [6.45, 7) is 7.04. The first-order valence-corrected chi connectivity index (χ1v) is 10.8. The molecule has 4 heteroatoms. The number of hydrogen-bond donors (Lipinski definition) is 1. The number of nitrogens with zero attached hydrogens (tertiary/aromatic N) is 2. The summed E-state index contributed by atoms with van der Waals surface area (Å²) < 4.78 is 0. The number of fused-ring (bicyclic) bond motifs is 1. The van der Waals surface area contributed by atoms with Gasteiger partial charge in [0, 0.05) is 11.8 Å². The van der Waals surface area contributed by atoms with E-state index in [9.17, 15) is 0 Å². The molecule has 0 spiro atoms. The van der Waals surface area contributed by atoms with Gasteiger partial charge in [0.1, 0.15) is 6.33 Å². The minimum atomic E-state index is -1.46. The Kier molecular flexibility index (Phi) is 4.11. The Bertz CT molecular complexity index is 766. The lowest BCUT2D eigenvalue weighted by Crippen LogP contribution is -2.46. The lowest BCUT2D eigenvalue weighted by atomic mass is 10.1. The van der Waals surface area contributed by atoms with Crippen LogP contribution in [0.2, 0.25) is 18.1 Å². The molecule has 0 saturated carbocycles. The molecule has 0 fully saturated rings. The maximum atomic E-state index is 4.61. The Morgan fingerprint density at radius 2 is 1.68 bits per heavy atom. The van der Waals surface area contributed by atoms with E-state index in [-0.39, 0.29) is 0 Å². The van der Waals surface area contributed by atoms with Crippen LogP contribution in [0.15, 0.2) is 42.9 Å². The number of benzene rings is 1. The molecule has 0 amide bonds. The lowest BCUT2D eigenvalue weighted by molar-refractivity contribution is 1.19. The second-order valence-electron chi connectivity index (χ2n) is 5.85. The zero-order chi connectivity index (χ0) is 15.6. The number of rotatable bonds is 5. The first-order chi connectivity index (χ1) is 10.8. The molecular formula is C18H23N3Si. The summed E-state index contributed by atoms with van der Waals surface area (Å²) in [6, 6.07) is 14.7. The first kappa shape index (κ1) is 15.0. The molecule has 1 aromatic carbocycles. The van der Waals surface area contributed by atoms with Crippen LogP contribution in [0, 0.1) is 0 Å². The molecule has 114 valence electrons. The molecule has 3 rings (SSSR count). The van der Waals surface area contributed by atoms with E-state index in [1.54, 1.807) is 6.33 Å². The fraction of sp³-hybridized carbons (Fsp3) is 0.333. The molecule has 2 aromatic heterocycles. The van der Waals surface area contributed by atoms with Crippen LogP contribution in [0.25, 0.3) is 22.3 Å². The van der Waals surface area contributed by atoms with Gasteiger partial charge in [-0.25, -0.2) is 9.97 Å². The lowest BCUT2D eigenvalue weighted by Gasteiger charge is -2.30. The molecule has 0 bridgehead atoms. The highest BCUT2D eigenvalue weighted by atomic mass is 28.3. The van der Waals surface area contributed by atoms with Crippen molar-refractivity contribution in [2.24, 2.45) is 0 Å². The Labute approximate surface area is 132 Å². The summed E-state index contributed by atoms with van der Waals surface area (Å²) >= 11 is 0. The predicted molar refractivity (Wildman–Crippen MR) is 96.2 cm³/mol. The van der Waals surface area contributed by atoms with Crippen molar-refractivity contribution in [2.75, 3.05) is 0 Å². The van der Waals surface area contributed by atoms with Crippen LogP contribution < -0.4 is 5.19 Å². The van der Waals surface area contributed by atoms with Gasteiger partial charge in [-0.15, -0.1) is 0 Å². The third-order valence-electron chi connectivity index (χ3n) is 5.13. The highest BCUT2D eigenvalue weighted by Crippen LogP contribution is 2.28. The van der Waals surface area contributed by atoms with Crippen molar-refractivity contribution in [1.29, 1.82) is 0 Å². The van der Waals surface area contributed by atoms with Crippen molar-refractivity contribution < 1.29 is 0 Å². The minimum absolute atomic E-state index is 0.983. The van der Waals surface area contributed by atoms with Crippen LogP contribution in [0.1, 0.15) is 20.8 Å². The van der Waals surface area contributed by atoms with Gasteiger partial charge in [-0.3, -0.25) is 0 Å². The van der Waals surface area contributed by atoms with Crippen molar-refractivity contribution >= 4 is 24.3 Å². The fourth-order valence-corrected chi connectivity index (χ4v) is 7.42. The molecule has 0 radical (unpaired) electrons. The van der Waals surface area contributed by atoms with Crippen LogP contribution >= 0.6 is 0 Å². The van der Waals surface area contributed by atoms with Crippen LogP contribution in [-0.2, 0) is 0 Å². The number of aromatic amines is 1. The minimum Gasteiger partial charge on any atom is -0.358 e. The van der Waals surface area contributed by atoms with Crippen molar-refractivity contribution in [2.45, 2.75) is 38.9 Å². The van der Waals surface area contributed by atoms with E-state index in [2.05, 4.69) is 60.0 Å². The smallest absolute Gasteiger partial charge is 0.116 e. The Morgan fingerprint density at radius 3 is 2.41 bits per heavy atom. The van der Waals surface area contributed by atoms with Gasteiger partial charge in [-0.1, -0.05) is 63.2 Å². The SMILES string of the molecule is CC[Si](CC)(CC)c1ccccc1-c1ncnc2cc[nH]c12. The molecule has 2 heterocycles. The summed E-state index contributed by atoms with van der Waals surface area (Å²) in [5.41, 5.74) is 4.35. The standard InChI is InChI=1S/C18H23N3Si/c1-4-22(5-2,6-3)16-10-8-7-9-14(16)17-18-15(11-12-19-18)20-13-21-17/h7-13,19H,4-6H2,1-3H3. The van der Waals surface area contributed by atoms with E-state index >= 15 is 0 Å². The molecule has 0 aliphatic carbocycles. The Hall–Kier alpha value is -1.94. The van der Waals surface area contributed by atoms with Crippen molar-refractivity contribution in [3.63, 3.8) is 0 Å². The number of nitrogens with one attached hydrogen (secondary N) is 1. The molecule has 0 saturated heterocycles. The number of hydrogen-bond acceptors (Lipinski definition) is 2. The molecule has 3 aromatic rings. The average Bonchev–Trinajstić information content (AvgIpc) is 3.06. The predicted octanol–water partition coefficient (Wildman–Crippen LogP) is 4.34. The summed E-state index contributed by atoms with van der Waals surface area (Å²) in [7, 11) is -1.46. The fourth-order valence-electron chi connectivity index (χ4n) is 3.55. The van der Waals surface area contributed by atoms with Gasteiger partial charge in [-0.2, -0.15) is 0 Å². The Morgan fingerprint density at radius 1 is 0.955 bits per heavy atom. The Balaban J connectivity index is 2.27. The summed E-state index contributed by atoms with van der Waals surface area (Å²) in [5, 5.41) is 1.54. The maximum Gasteiger partial charge on any atom is 0.116 e. The highest BCUT2D eigenvalue weighted by molar-refractivity contribution is 6.92. The molecule has 0 aliphatic rings. The largest absolute Gasteiger partial charge is 0.358 e. The summed E-state index contributed by atoms with van der Waals surface area (Å²) in [5.74, 6) is 0. The number of H-pyrrole nitrogens is 1. The zero-order valence-electron chi connectivity index (χ0n) is 13.6. The average molecular weight is 309 g/mol. The van der Waals surface area contributed by atoms with Gasteiger partial charge in [0.05, 0.1) is 24.8 Å². The number of aromatic nitrogens is 3. The summed E-state index contributed by atoms with van der Waals surface area (Å²) in [4.78, 5) is 12.3. The highest BCUT2D eigenvalue weighted by Gasteiger charge is 2.32. The van der Waals surface area contributed by atoms with E-state index in [1.807, 2.05) is 12.3 Å². The van der Waals surface area contributed by atoms with Crippen molar-refractivity contribution in [1.82, 2.24) is 15.0 Å². The second-order valence-corrected chi connectivity index (χ2v) is 11.1. The van der Waals surface area contributed by atoms with E-state index < -0.39 is 8.07 Å². The van der Waals surface area contributed by atoms with Crippen LogP contribution in [0.4, 0.5) is 0 Å². The van der Waals surface area contributed by atoms with Gasteiger partial charge in [0.15, 0.2) is 0 Å². The quantitative estimate of drug-likeness (QED) is 0.712. The van der Waals surface area contributed by atoms with Crippen molar-refractivity contribution in [3.05, 3.63) is 42.9 Å². The third-order valence-corrected chi connectivity index (χ3v) is 10.8. The molecule has 3 nitrogen and oxygen atoms in total. The molecular weight excluding hydrogens is 286 g/mol. The molecule has 0 unspecified atom stereocenters. The maximum absolute atomic E-state index is 4.61. The van der Waals surface area contributed by atoms with Gasteiger partial charge in [0.25, 0.3) is 0 Å². The van der Waals surface area contributed by atoms with E-state index in [0.717, 1.165) is 16.7 Å². The normalized spacial score (nSPS) is 12.0. The van der Waals surface area contributed by atoms with Gasteiger partial charge in [0.2, 0.25) is 0 Å². The van der Waals surface area contributed by atoms with Gasteiger partial charge < -0.3 is 4.98 Å². The van der Waals surface area contributed by atoms with Crippen LogP contribution in [-0.4, -0.2) is 23.0 Å². The molecule has 0 atom stereocenters. The first-order valence-electron chi connectivity index (χ1n) is 8.13. The van der Waals surface area contributed by atoms with Crippen LogP contribution in [0.5, 0.6) is 0 Å². The van der Waals surface area contributed by atoms with Crippen molar-refractivity contribution in [3.8, 4) is 11.3 Å². The topological polar surface area (TPSA) is 41.6 Å². The van der Waals surface area contributed by atoms with E-state index in [1.165, 1.54) is 28.9 Å². The summed E-state index contributed by atoms with van der Waals surface area (Å²) in [6.07, 6.45) is 3.62.